The van der Waals surface area contributed by atoms with Crippen LogP contribution < -0.4 is 0 Å². The minimum Gasteiger partial charge on any atom is -0.332 e. The van der Waals surface area contributed by atoms with Crippen LogP contribution in [0.5, 0.6) is 0 Å². The van der Waals surface area contributed by atoms with Crippen molar-refractivity contribution in [2.24, 2.45) is 0 Å². The molecular weight excluding hydrogens is 330 g/mol. The lowest BCUT2D eigenvalue weighted by atomic mass is 10.0. The molecule has 1 unspecified atom stereocenters. The molecule has 4 heterocycles. The summed E-state index contributed by atoms with van der Waals surface area (Å²) in [6, 6.07) is 11.1. The lowest BCUT2D eigenvalue weighted by Crippen LogP contribution is -2.37. The third-order valence-electron chi connectivity index (χ3n) is 5.06. The lowest BCUT2D eigenvalue weighted by Gasteiger charge is -2.36. The fraction of sp³-hybridized carbons (Fsp3) is 0.263. The predicted molar refractivity (Wildman–Crippen MR) is 98.5 cm³/mol. The first-order chi connectivity index (χ1) is 12.3. The predicted octanol–water partition coefficient (Wildman–Crippen LogP) is 3.66. The van der Waals surface area contributed by atoms with E-state index in [1.54, 1.807) is 11.3 Å². The zero-order valence-electron chi connectivity index (χ0n) is 14.0. The molecule has 4 aromatic rings. The van der Waals surface area contributed by atoms with Crippen molar-refractivity contribution in [2.45, 2.75) is 32.6 Å². The second kappa shape index (κ2) is 5.82. The Bertz CT molecular complexity index is 1010. The first-order valence-electron chi connectivity index (χ1n) is 8.49. The normalized spacial score (nSPS) is 17.9. The van der Waals surface area contributed by atoms with E-state index in [0.717, 1.165) is 36.1 Å². The molecule has 3 aromatic heterocycles. The van der Waals surface area contributed by atoms with Crippen LogP contribution in [-0.2, 0) is 19.6 Å². The van der Waals surface area contributed by atoms with E-state index in [1.807, 2.05) is 6.20 Å². The Hall–Kier alpha value is -2.44. The van der Waals surface area contributed by atoms with E-state index in [2.05, 4.69) is 73.9 Å². The molecule has 1 atom stereocenters. The molecule has 0 spiro atoms. The molecule has 0 saturated heterocycles. The highest BCUT2D eigenvalue weighted by Crippen LogP contribution is 2.31. The van der Waals surface area contributed by atoms with E-state index in [-0.39, 0.29) is 0 Å². The number of rotatable bonds is 3. The van der Waals surface area contributed by atoms with Crippen LogP contribution in [0.25, 0.3) is 4.96 Å². The van der Waals surface area contributed by atoms with Gasteiger partial charge in [0, 0.05) is 37.1 Å². The Balaban J connectivity index is 1.55. The summed E-state index contributed by atoms with van der Waals surface area (Å²) in [6.07, 6.45) is 6.11. The topological polar surface area (TPSA) is 38.4 Å². The quantitative estimate of drug-likeness (QED) is 0.567. The number of hydrogen-bond donors (Lipinski definition) is 0. The summed E-state index contributed by atoms with van der Waals surface area (Å²) in [5.41, 5.74) is 3.75. The second-order valence-corrected chi connectivity index (χ2v) is 7.40. The van der Waals surface area contributed by atoms with Crippen molar-refractivity contribution in [2.75, 3.05) is 0 Å². The smallest absolute Gasteiger partial charge is 0.194 e. The maximum Gasteiger partial charge on any atom is 0.194 e. The fourth-order valence-electron chi connectivity index (χ4n) is 3.73. The van der Waals surface area contributed by atoms with Gasteiger partial charge in [0.15, 0.2) is 4.96 Å². The number of imidazole rings is 2. The van der Waals surface area contributed by atoms with E-state index in [0.29, 0.717) is 6.04 Å². The molecule has 0 fully saturated rings. The maximum atomic E-state index is 4.70. The number of benzene rings is 1. The van der Waals surface area contributed by atoms with Crippen LogP contribution in [0.1, 0.15) is 28.8 Å². The average Bonchev–Trinajstić information content (AvgIpc) is 3.33. The van der Waals surface area contributed by atoms with E-state index in [1.165, 1.54) is 11.3 Å². The monoisotopic (exact) mass is 349 g/mol. The van der Waals surface area contributed by atoms with Gasteiger partial charge in [-0.05, 0) is 12.5 Å². The molecule has 0 amide bonds. The standard InChI is InChI=1S/C19H19N5S/c1-14-16(24-9-10-25-19(24)21-14)11-23-13-18-20-7-8-22(18)12-17(23)15-5-3-2-4-6-15/h2-10,17H,11-13H2,1H3. The van der Waals surface area contributed by atoms with Gasteiger partial charge in [0.1, 0.15) is 5.82 Å². The lowest BCUT2D eigenvalue weighted by molar-refractivity contribution is 0.126. The molecule has 126 valence electrons. The van der Waals surface area contributed by atoms with Gasteiger partial charge in [0.05, 0.1) is 24.0 Å². The van der Waals surface area contributed by atoms with E-state index < -0.39 is 0 Å². The molecular formula is C19H19N5S. The van der Waals surface area contributed by atoms with Gasteiger partial charge in [0.25, 0.3) is 0 Å². The van der Waals surface area contributed by atoms with Crippen molar-refractivity contribution in [1.82, 2.24) is 23.8 Å². The van der Waals surface area contributed by atoms with Crippen LogP contribution >= 0.6 is 11.3 Å². The number of aryl methyl sites for hydroxylation is 1. The molecule has 0 saturated carbocycles. The zero-order chi connectivity index (χ0) is 16.8. The van der Waals surface area contributed by atoms with Crippen LogP contribution in [0.2, 0.25) is 0 Å². The van der Waals surface area contributed by atoms with Gasteiger partial charge in [-0.15, -0.1) is 11.3 Å². The first kappa shape index (κ1) is 14.9. The van der Waals surface area contributed by atoms with Gasteiger partial charge in [0.2, 0.25) is 0 Å². The highest BCUT2D eigenvalue weighted by atomic mass is 32.1. The molecule has 25 heavy (non-hydrogen) atoms. The molecule has 6 heteroatoms. The largest absolute Gasteiger partial charge is 0.332 e. The van der Waals surface area contributed by atoms with Crippen molar-refractivity contribution < 1.29 is 0 Å². The molecule has 5 nitrogen and oxygen atoms in total. The van der Waals surface area contributed by atoms with Gasteiger partial charge < -0.3 is 4.57 Å². The van der Waals surface area contributed by atoms with E-state index in [9.17, 15) is 0 Å². The summed E-state index contributed by atoms with van der Waals surface area (Å²) in [4.78, 5) is 12.8. The number of fused-ring (bicyclic) bond motifs is 2. The van der Waals surface area contributed by atoms with Crippen molar-refractivity contribution in [1.29, 1.82) is 0 Å². The third-order valence-corrected chi connectivity index (χ3v) is 5.81. The summed E-state index contributed by atoms with van der Waals surface area (Å²) in [5, 5.41) is 2.10. The zero-order valence-corrected chi connectivity index (χ0v) is 14.9. The van der Waals surface area contributed by atoms with Crippen molar-refractivity contribution >= 4 is 16.3 Å². The average molecular weight is 349 g/mol. The minimum absolute atomic E-state index is 0.339. The van der Waals surface area contributed by atoms with Gasteiger partial charge in [-0.2, -0.15) is 0 Å². The SMILES string of the molecule is Cc1nc2sccn2c1CN1Cc2nccn2CC1c1ccccc1. The molecule has 0 N–H and O–H groups in total. The molecule has 0 aliphatic carbocycles. The Morgan fingerprint density at radius 1 is 1.20 bits per heavy atom. The molecule has 0 bridgehead atoms. The fourth-order valence-corrected chi connectivity index (χ4v) is 4.51. The van der Waals surface area contributed by atoms with Crippen LogP contribution in [-0.4, -0.2) is 23.8 Å². The molecule has 0 radical (unpaired) electrons. The third kappa shape index (κ3) is 2.49. The summed E-state index contributed by atoms with van der Waals surface area (Å²) < 4.78 is 4.50. The van der Waals surface area contributed by atoms with Crippen LogP contribution in [0.4, 0.5) is 0 Å². The molecule has 5 rings (SSSR count). The van der Waals surface area contributed by atoms with E-state index >= 15 is 0 Å². The maximum absolute atomic E-state index is 4.70. The summed E-state index contributed by atoms with van der Waals surface area (Å²) >= 11 is 1.69. The summed E-state index contributed by atoms with van der Waals surface area (Å²) in [5.74, 6) is 1.14. The van der Waals surface area contributed by atoms with Gasteiger partial charge in [-0.25, -0.2) is 9.97 Å². The summed E-state index contributed by atoms with van der Waals surface area (Å²) in [6.45, 7) is 4.76. The van der Waals surface area contributed by atoms with Crippen LogP contribution in [0.3, 0.4) is 0 Å². The highest BCUT2D eigenvalue weighted by molar-refractivity contribution is 7.15. The number of hydrogen-bond acceptors (Lipinski definition) is 4. The number of thiazole rings is 1. The molecule has 1 aromatic carbocycles. The van der Waals surface area contributed by atoms with Gasteiger partial charge in [-0.3, -0.25) is 9.30 Å². The van der Waals surface area contributed by atoms with Gasteiger partial charge >= 0.3 is 0 Å². The molecule has 1 aliphatic heterocycles. The Labute approximate surface area is 150 Å². The van der Waals surface area contributed by atoms with Crippen molar-refractivity contribution in [3.8, 4) is 0 Å². The number of nitrogens with zero attached hydrogens (tertiary/aromatic N) is 5. The van der Waals surface area contributed by atoms with Crippen LogP contribution in [0, 0.1) is 6.92 Å². The molecule has 1 aliphatic rings. The van der Waals surface area contributed by atoms with Crippen LogP contribution in [0.15, 0.2) is 54.3 Å². The Morgan fingerprint density at radius 2 is 2.08 bits per heavy atom. The highest BCUT2D eigenvalue weighted by Gasteiger charge is 2.29. The second-order valence-electron chi connectivity index (χ2n) is 6.53. The van der Waals surface area contributed by atoms with Crippen molar-refractivity contribution in [3.05, 3.63) is 77.1 Å². The van der Waals surface area contributed by atoms with Gasteiger partial charge in [-0.1, -0.05) is 30.3 Å². The van der Waals surface area contributed by atoms with Crippen molar-refractivity contribution in [3.63, 3.8) is 0 Å². The van der Waals surface area contributed by atoms with E-state index in [4.69, 9.17) is 4.98 Å². The first-order valence-corrected chi connectivity index (χ1v) is 9.37. The number of aromatic nitrogens is 4. The minimum atomic E-state index is 0.339. The summed E-state index contributed by atoms with van der Waals surface area (Å²) in [7, 11) is 0. The Kier molecular flexibility index (Phi) is 3.46. The Morgan fingerprint density at radius 3 is 2.96 bits per heavy atom.